The van der Waals surface area contributed by atoms with Gasteiger partial charge in [-0.15, -0.1) is 0 Å². The van der Waals surface area contributed by atoms with Gasteiger partial charge in [0.05, 0.1) is 0 Å². The molecule has 1 fully saturated rings. The molecule has 2 aromatic carbocycles. The van der Waals surface area contributed by atoms with Crippen molar-refractivity contribution >= 4 is 11.7 Å². The number of ketones is 1. The van der Waals surface area contributed by atoms with Crippen LogP contribution in [-0.4, -0.2) is 23.1 Å². The molecule has 0 aromatic heterocycles. The average molecular weight is 319 g/mol. The Morgan fingerprint density at radius 2 is 1.62 bits per heavy atom. The average Bonchev–Trinajstić information content (AvgIpc) is 2.94. The van der Waals surface area contributed by atoms with Gasteiger partial charge in [0.25, 0.3) is 0 Å². The SMILES string of the molecule is C=CN1CCC(Cc2ccccc2)(C(=O)Cc2ccccc2)C1=O. The first-order chi connectivity index (χ1) is 11.7. The van der Waals surface area contributed by atoms with Crippen molar-refractivity contribution in [3.8, 4) is 0 Å². The molecule has 1 unspecified atom stereocenters. The Labute approximate surface area is 142 Å². The number of likely N-dealkylation sites (tertiary alicyclic amines) is 1. The summed E-state index contributed by atoms with van der Waals surface area (Å²) in [5, 5.41) is 0. The van der Waals surface area contributed by atoms with Gasteiger partial charge in [-0.2, -0.15) is 0 Å². The van der Waals surface area contributed by atoms with E-state index in [0.29, 0.717) is 19.4 Å². The Morgan fingerprint density at radius 1 is 1.04 bits per heavy atom. The zero-order valence-corrected chi connectivity index (χ0v) is 13.7. The number of nitrogens with zero attached hydrogens (tertiary/aromatic N) is 1. The van der Waals surface area contributed by atoms with Crippen molar-refractivity contribution in [2.75, 3.05) is 6.54 Å². The first kappa shape index (κ1) is 16.2. The van der Waals surface area contributed by atoms with Crippen LogP contribution in [0.3, 0.4) is 0 Å². The summed E-state index contributed by atoms with van der Waals surface area (Å²) in [6, 6.07) is 19.4. The van der Waals surface area contributed by atoms with Crippen LogP contribution in [0.1, 0.15) is 17.5 Å². The predicted octanol–water partition coefficient (Wildman–Crippen LogP) is 3.40. The van der Waals surface area contributed by atoms with E-state index in [2.05, 4.69) is 6.58 Å². The standard InChI is InChI=1S/C21H21NO2/c1-2-22-14-13-21(20(22)24,16-18-11-7-4-8-12-18)19(23)15-17-9-5-3-6-10-17/h2-12H,1,13-16H2. The summed E-state index contributed by atoms with van der Waals surface area (Å²) in [6.07, 6.45) is 2.80. The molecule has 0 radical (unpaired) electrons. The van der Waals surface area contributed by atoms with Crippen LogP contribution in [0.15, 0.2) is 73.4 Å². The Bertz CT molecular complexity index is 739. The molecule has 0 N–H and O–H groups in total. The van der Waals surface area contributed by atoms with Crippen LogP contribution in [-0.2, 0) is 22.4 Å². The second-order valence-corrected chi connectivity index (χ2v) is 6.26. The molecular formula is C21H21NO2. The lowest BCUT2D eigenvalue weighted by Gasteiger charge is -2.26. The fraction of sp³-hybridized carbons (Fsp3) is 0.238. The molecule has 1 aliphatic rings. The lowest BCUT2D eigenvalue weighted by Crippen LogP contribution is -2.41. The molecule has 3 heteroatoms. The van der Waals surface area contributed by atoms with Crippen LogP contribution < -0.4 is 0 Å². The Balaban J connectivity index is 1.92. The van der Waals surface area contributed by atoms with Gasteiger partial charge >= 0.3 is 0 Å². The summed E-state index contributed by atoms with van der Waals surface area (Å²) in [7, 11) is 0. The van der Waals surface area contributed by atoms with Gasteiger partial charge in [0.15, 0.2) is 5.78 Å². The van der Waals surface area contributed by atoms with Crippen molar-refractivity contribution in [1.29, 1.82) is 0 Å². The first-order valence-corrected chi connectivity index (χ1v) is 8.20. The summed E-state index contributed by atoms with van der Waals surface area (Å²) in [5.74, 6) is -0.130. The predicted molar refractivity (Wildman–Crippen MR) is 94.3 cm³/mol. The number of Topliss-reactive ketones (excluding diaryl/α,β-unsaturated/α-hetero) is 1. The minimum Gasteiger partial charge on any atom is -0.319 e. The molecule has 2 aromatic rings. The Morgan fingerprint density at radius 3 is 2.17 bits per heavy atom. The minimum atomic E-state index is -0.981. The van der Waals surface area contributed by atoms with Crippen molar-refractivity contribution in [1.82, 2.24) is 4.90 Å². The zero-order chi connectivity index (χ0) is 17.0. The highest BCUT2D eigenvalue weighted by atomic mass is 16.2. The third kappa shape index (κ3) is 3.02. The Hall–Kier alpha value is -2.68. The number of hydrogen-bond donors (Lipinski definition) is 0. The maximum absolute atomic E-state index is 13.1. The molecule has 1 atom stereocenters. The zero-order valence-electron chi connectivity index (χ0n) is 13.7. The van der Waals surface area contributed by atoms with Gasteiger partial charge in [0, 0.05) is 13.0 Å². The lowest BCUT2D eigenvalue weighted by molar-refractivity contribution is -0.142. The number of carbonyl (C=O) groups is 2. The van der Waals surface area contributed by atoms with Crippen molar-refractivity contribution < 1.29 is 9.59 Å². The normalized spacial score (nSPS) is 20.2. The lowest BCUT2D eigenvalue weighted by atomic mass is 9.74. The third-order valence-corrected chi connectivity index (χ3v) is 4.76. The van der Waals surface area contributed by atoms with Crippen LogP contribution in [0.25, 0.3) is 0 Å². The van der Waals surface area contributed by atoms with Crippen molar-refractivity contribution in [2.24, 2.45) is 5.41 Å². The van der Waals surface area contributed by atoms with E-state index < -0.39 is 5.41 Å². The van der Waals surface area contributed by atoms with Gasteiger partial charge in [0.1, 0.15) is 5.41 Å². The number of benzene rings is 2. The second kappa shape index (κ2) is 6.83. The number of amides is 1. The van der Waals surface area contributed by atoms with Gasteiger partial charge in [0.2, 0.25) is 5.91 Å². The van der Waals surface area contributed by atoms with E-state index in [1.54, 1.807) is 4.90 Å². The van der Waals surface area contributed by atoms with Gasteiger partial charge in [-0.1, -0.05) is 67.2 Å². The van der Waals surface area contributed by atoms with Crippen LogP contribution in [0.5, 0.6) is 0 Å². The highest BCUT2D eigenvalue weighted by Crippen LogP contribution is 2.37. The molecule has 3 nitrogen and oxygen atoms in total. The molecule has 0 aliphatic carbocycles. The van der Waals surface area contributed by atoms with E-state index >= 15 is 0 Å². The first-order valence-electron chi connectivity index (χ1n) is 8.20. The molecule has 1 amide bonds. The quantitative estimate of drug-likeness (QED) is 0.765. The molecule has 122 valence electrons. The van der Waals surface area contributed by atoms with E-state index in [1.807, 2.05) is 60.7 Å². The maximum atomic E-state index is 13.1. The van der Waals surface area contributed by atoms with Crippen molar-refractivity contribution in [2.45, 2.75) is 19.3 Å². The Kier molecular flexibility index (Phi) is 4.61. The second-order valence-electron chi connectivity index (χ2n) is 6.26. The number of rotatable bonds is 6. The molecular weight excluding hydrogens is 298 g/mol. The van der Waals surface area contributed by atoms with Crippen LogP contribution in [0.4, 0.5) is 0 Å². The number of hydrogen-bond acceptors (Lipinski definition) is 2. The monoisotopic (exact) mass is 319 g/mol. The summed E-state index contributed by atoms with van der Waals surface area (Å²) >= 11 is 0. The van der Waals surface area contributed by atoms with E-state index in [1.165, 1.54) is 6.20 Å². The fourth-order valence-electron chi connectivity index (χ4n) is 3.38. The summed E-state index contributed by atoms with van der Waals surface area (Å²) in [4.78, 5) is 27.6. The van der Waals surface area contributed by atoms with Crippen LogP contribution >= 0.6 is 0 Å². The molecule has 1 aliphatic heterocycles. The molecule has 24 heavy (non-hydrogen) atoms. The summed E-state index contributed by atoms with van der Waals surface area (Å²) in [5.41, 5.74) is 0.976. The molecule has 3 rings (SSSR count). The van der Waals surface area contributed by atoms with E-state index in [9.17, 15) is 9.59 Å². The smallest absolute Gasteiger partial charge is 0.240 e. The van der Waals surface area contributed by atoms with E-state index in [4.69, 9.17) is 0 Å². The highest BCUT2D eigenvalue weighted by molar-refractivity contribution is 6.08. The highest BCUT2D eigenvalue weighted by Gasteiger charge is 2.51. The van der Waals surface area contributed by atoms with E-state index in [0.717, 1.165) is 11.1 Å². The number of carbonyl (C=O) groups excluding carboxylic acids is 2. The molecule has 0 saturated carbocycles. The van der Waals surface area contributed by atoms with Gasteiger partial charge in [-0.05, 0) is 30.2 Å². The third-order valence-electron chi connectivity index (χ3n) is 4.76. The van der Waals surface area contributed by atoms with Crippen molar-refractivity contribution in [3.05, 3.63) is 84.6 Å². The van der Waals surface area contributed by atoms with Gasteiger partial charge in [-0.25, -0.2) is 0 Å². The van der Waals surface area contributed by atoms with Crippen LogP contribution in [0.2, 0.25) is 0 Å². The molecule has 0 bridgehead atoms. The molecule has 1 saturated heterocycles. The molecule has 1 heterocycles. The molecule has 0 spiro atoms. The summed E-state index contributed by atoms with van der Waals surface area (Å²) in [6.45, 7) is 4.25. The summed E-state index contributed by atoms with van der Waals surface area (Å²) < 4.78 is 0. The van der Waals surface area contributed by atoms with Crippen LogP contribution in [0, 0.1) is 5.41 Å². The topological polar surface area (TPSA) is 37.4 Å². The largest absolute Gasteiger partial charge is 0.319 e. The van der Waals surface area contributed by atoms with Gasteiger partial charge in [-0.3, -0.25) is 9.59 Å². The van der Waals surface area contributed by atoms with Crippen molar-refractivity contribution in [3.63, 3.8) is 0 Å². The minimum absolute atomic E-state index is 0.00750. The fourth-order valence-corrected chi connectivity index (χ4v) is 3.38. The van der Waals surface area contributed by atoms with E-state index in [-0.39, 0.29) is 18.1 Å². The maximum Gasteiger partial charge on any atom is 0.240 e. The van der Waals surface area contributed by atoms with Gasteiger partial charge < -0.3 is 4.90 Å².